The lowest BCUT2D eigenvalue weighted by Crippen LogP contribution is -2.10. The second-order valence-electron chi connectivity index (χ2n) is 3.72. The molecular weight excluding hydrogens is 268 g/mol. The lowest BCUT2D eigenvalue weighted by Gasteiger charge is -2.08. The Morgan fingerprint density at radius 1 is 1.42 bits per heavy atom. The molecule has 0 atom stereocenters. The van der Waals surface area contributed by atoms with Gasteiger partial charge in [0, 0.05) is 12.7 Å². The monoisotopic (exact) mass is 280 g/mol. The summed E-state index contributed by atoms with van der Waals surface area (Å²) < 4.78 is 1.75. The van der Waals surface area contributed by atoms with E-state index in [1.165, 1.54) is 0 Å². The third-order valence-electron chi connectivity index (χ3n) is 2.40. The maximum absolute atomic E-state index is 7.33. The largest absolute Gasteiger partial charge is 0.383 e. The van der Waals surface area contributed by atoms with E-state index in [1.807, 2.05) is 6.92 Å². The van der Waals surface area contributed by atoms with E-state index < -0.39 is 0 Å². The highest BCUT2D eigenvalue weighted by atomic mass is 35.5. The van der Waals surface area contributed by atoms with E-state index >= 15 is 0 Å². The van der Waals surface area contributed by atoms with Gasteiger partial charge in [0.1, 0.15) is 16.8 Å². The van der Waals surface area contributed by atoms with Crippen LogP contribution in [0.4, 0.5) is 23.3 Å². The van der Waals surface area contributed by atoms with Crippen molar-refractivity contribution >= 4 is 40.0 Å². The van der Waals surface area contributed by atoms with Crippen molar-refractivity contribution in [3.63, 3.8) is 0 Å². The molecule has 0 saturated heterocycles. The number of aromatic nitrogens is 4. The van der Waals surface area contributed by atoms with E-state index in [1.54, 1.807) is 17.1 Å². The predicted molar refractivity (Wildman–Crippen MR) is 74.7 cm³/mol. The molecule has 2 aromatic rings. The van der Waals surface area contributed by atoms with Gasteiger partial charge in [0.15, 0.2) is 0 Å². The highest BCUT2D eigenvalue weighted by Crippen LogP contribution is 2.21. The van der Waals surface area contributed by atoms with Crippen LogP contribution >= 0.6 is 11.6 Å². The van der Waals surface area contributed by atoms with Crippen molar-refractivity contribution < 1.29 is 0 Å². The molecule has 0 amide bonds. The van der Waals surface area contributed by atoms with Crippen LogP contribution in [-0.2, 0) is 6.54 Å². The molecule has 100 valence electrons. The second-order valence-corrected chi connectivity index (χ2v) is 4.09. The molecule has 2 heterocycles. The second kappa shape index (κ2) is 5.11. The smallest absolute Gasteiger partial charge is 0.231 e. The summed E-state index contributed by atoms with van der Waals surface area (Å²) in [6.45, 7) is 2.74. The average Bonchev–Trinajstić information content (AvgIpc) is 2.75. The minimum atomic E-state index is -0.291. The molecule has 2 rings (SSSR count). The minimum Gasteiger partial charge on any atom is -0.383 e. The molecule has 0 spiro atoms. The van der Waals surface area contributed by atoms with E-state index in [0.29, 0.717) is 5.69 Å². The van der Waals surface area contributed by atoms with Crippen LogP contribution in [-0.4, -0.2) is 24.9 Å². The molecule has 0 aliphatic carbocycles. The van der Waals surface area contributed by atoms with Gasteiger partial charge in [0.05, 0.1) is 17.4 Å². The molecule has 6 N–H and O–H groups in total. The van der Waals surface area contributed by atoms with Gasteiger partial charge < -0.3 is 16.8 Å². The van der Waals surface area contributed by atoms with Crippen LogP contribution in [0.5, 0.6) is 0 Å². The quantitative estimate of drug-likeness (QED) is 0.622. The van der Waals surface area contributed by atoms with Crippen LogP contribution in [0.25, 0.3) is 0 Å². The standard InChI is InChI=1S/C10H13ClN8/c1-2-19-4-5(3-15-19)16-10-17-8(13)6(7(11)12)9(14)18-10/h3-4,12H,2H2,1H3,(H5,13,14,16,17,18). The third-order valence-corrected chi connectivity index (χ3v) is 2.59. The number of aryl methyl sites for hydroxylation is 1. The predicted octanol–water partition coefficient (Wildman–Crippen LogP) is 1.17. The Morgan fingerprint density at radius 2 is 2.05 bits per heavy atom. The van der Waals surface area contributed by atoms with Crippen LogP contribution in [0.15, 0.2) is 12.4 Å². The lowest BCUT2D eigenvalue weighted by molar-refractivity contribution is 0.660. The van der Waals surface area contributed by atoms with Gasteiger partial charge in [-0.05, 0) is 6.92 Å². The summed E-state index contributed by atoms with van der Waals surface area (Å²) in [4.78, 5) is 8.00. The van der Waals surface area contributed by atoms with Crippen molar-refractivity contribution in [2.75, 3.05) is 16.8 Å². The Bertz CT molecular complexity index is 597. The molecule has 19 heavy (non-hydrogen) atoms. The first kappa shape index (κ1) is 13.1. The first-order chi connectivity index (χ1) is 9.01. The number of nitrogens with two attached hydrogens (primary N) is 2. The fourth-order valence-corrected chi connectivity index (χ4v) is 1.70. The molecule has 0 aromatic carbocycles. The van der Waals surface area contributed by atoms with Crippen LogP contribution < -0.4 is 16.8 Å². The van der Waals surface area contributed by atoms with E-state index in [-0.39, 0.29) is 28.3 Å². The number of hydrogen-bond acceptors (Lipinski definition) is 7. The maximum Gasteiger partial charge on any atom is 0.231 e. The van der Waals surface area contributed by atoms with Gasteiger partial charge in [0.25, 0.3) is 0 Å². The Morgan fingerprint density at radius 3 is 2.53 bits per heavy atom. The van der Waals surface area contributed by atoms with Crippen LogP contribution in [0, 0.1) is 5.41 Å². The zero-order chi connectivity index (χ0) is 14.0. The first-order valence-corrected chi connectivity index (χ1v) is 5.86. The number of rotatable bonds is 4. The minimum absolute atomic E-state index is 0.0536. The molecule has 0 radical (unpaired) electrons. The fourth-order valence-electron chi connectivity index (χ4n) is 1.51. The summed E-state index contributed by atoms with van der Waals surface area (Å²) in [6, 6.07) is 0. The van der Waals surface area contributed by atoms with Crippen molar-refractivity contribution in [2.24, 2.45) is 0 Å². The van der Waals surface area contributed by atoms with E-state index in [4.69, 9.17) is 28.5 Å². The molecule has 0 fully saturated rings. The highest BCUT2D eigenvalue weighted by Gasteiger charge is 2.13. The zero-order valence-electron chi connectivity index (χ0n) is 10.2. The Kier molecular flexibility index (Phi) is 3.52. The average molecular weight is 281 g/mol. The Balaban J connectivity index is 2.29. The molecular formula is C10H13ClN8. The summed E-state index contributed by atoms with van der Waals surface area (Å²) in [5.41, 5.74) is 12.2. The number of nitrogens with one attached hydrogen (secondary N) is 2. The molecule has 2 aromatic heterocycles. The van der Waals surface area contributed by atoms with Crippen LogP contribution in [0.3, 0.4) is 0 Å². The molecule has 0 aliphatic heterocycles. The van der Waals surface area contributed by atoms with Gasteiger partial charge in [-0.15, -0.1) is 0 Å². The van der Waals surface area contributed by atoms with E-state index in [2.05, 4.69) is 20.4 Å². The zero-order valence-corrected chi connectivity index (χ0v) is 10.9. The third kappa shape index (κ3) is 2.74. The van der Waals surface area contributed by atoms with Crippen molar-refractivity contribution in [3.8, 4) is 0 Å². The van der Waals surface area contributed by atoms with Gasteiger partial charge in [-0.1, -0.05) is 11.6 Å². The molecule has 9 heteroatoms. The molecule has 0 unspecified atom stereocenters. The fraction of sp³-hybridized carbons (Fsp3) is 0.200. The summed E-state index contributed by atoms with van der Waals surface area (Å²) >= 11 is 5.56. The summed E-state index contributed by atoms with van der Waals surface area (Å²) in [7, 11) is 0. The molecule has 0 bridgehead atoms. The van der Waals surface area contributed by atoms with Crippen molar-refractivity contribution in [3.05, 3.63) is 18.0 Å². The van der Waals surface area contributed by atoms with Gasteiger partial charge in [0.2, 0.25) is 5.95 Å². The van der Waals surface area contributed by atoms with Crippen molar-refractivity contribution in [1.29, 1.82) is 5.41 Å². The van der Waals surface area contributed by atoms with Gasteiger partial charge >= 0.3 is 0 Å². The molecule has 8 nitrogen and oxygen atoms in total. The summed E-state index contributed by atoms with van der Waals surface area (Å²) in [5, 5.41) is 14.1. The Hall–Kier alpha value is -2.35. The van der Waals surface area contributed by atoms with E-state index in [9.17, 15) is 0 Å². The molecule has 0 saturated carbocycles. The van der Waals surface area contributed by atoms with Crippen molar-refractivity contribution in [2.45, 2.75) is 13.5 Å². The molecule has 0 aliphatic rings. The SMILES string of the molecule is CCn1cc(Nc2nc(N)c(C(=N)Cl)c(N)n2)cn1. The number of nitrogen functional groups attached to an aromatic ring is 2. The van der Waals surface area contributed by atoms with Crippen molar-refractivity contribution in [1.82, 2.24) is 19.7 Å². The lowest BCUT2D eigenvalue weighted by atomic mass is 10.3. The van der Waals surface area contributed by atoms with Gasteiger partial charge in [-0.2, -0.15) is 15.1 Å². The van der Waals surface area contributed by atoms with Crippen LogP contribution in [0.2, 0.25) is 0 Å². The van der Waals surface area contributed by atoms with Gasteiger partial charge in [-0.25, -0.2) is 0 Å². The maximum atomic E-state index is 7.33. The highest BCUT2D eigenvalue weighted by molar-refractivity contribution is 6.69. The number of anilines is 4. The number of halogens is 1. The van der Waals surface area contributed by atoms with Crippen LogP contribution in [0.1, 0.15) is 12.5 Å². The normalized spacial score (nSPS) is 10.4. The number of nitrogens with zero attached hydrogens (tertiary/aromatic N) is 4. The van der Waals surface area contributed by atoms with Gasteiger partial charge in [-0.3, -0.25) is 10.1 Å². The topological polar surface area (TPSA) is 132 Å². The summed E-state index contributed by atoms with van der Waals surface area (Å²) in [6.07, 6.45) is 3.43. The number of hydrogen-bond donors (Lipinski definition) is 4. The first-order valence-electron chi connectivity index (χ1n) is 5.48. The Labute approximate surface area is 114 Å². The summed E-state index contributed by atoms with van der Waals surface area (Å²) in [5.74, 6) is 0.336. The van der Waals surface area contributed by atoms with E-state index in [0.717, 1.165) is 6.54 Å².